The molecule has 0 aliphatic heterocycles. The normalized spacial score (nSPS) is 13.9. The first-order chi connectivity index (χ1) is 7.96. The van der Waals surface area contributed by atoms with E-state index in [1.165, 1.54) is 14.0 Å². The lowest BCUT2D eigenvalue weighted by atomic mass is 9.93. The van der Waals surface area contributed by atoms with Gasteiger partial charge in [0.2, 0.25) is 0 Å². The maximum Gasteiger partial charge on any atom is 0.317 e. The van der Waals surface area contributed by atoms with Crippen LogP contribution in [0.4, 0.5) is 0 Å². The summed E-state index contributed by atoms with van der Waals surface area (Å²) in [6, 6.07) is 0. The van der Waals surface area contributed by atoms with Crippen LogP contribution in [0.3, 0.4) is 0 Å². The van der Waals surface area contributed by atoms with Crippen LogP contribution in [0, 0.1) is 5.41 Å². The average molecular weight is 246 g/mol. The molecule has 100 valence electrons. The fourth-order valence-electron chi connectivity index (χ4n) is 1.22. The molecule has 0 rings (SSSR count). The predicted octanol–water partition coefficient (Wildman–Crippen LogP) is 1.55. The Morgan fingerprint density at radius 1 is 1.18 bits per heavy atom. The summed E-state index contributed by atoms with van der Waals surface area (Å²) in [4.78, 5) is 22.6. The van der Waals surface area contributed by atoms with Gasteiger partial charge in [-0.25, -0.2) is 0 Å². The molecule has 5 heteroatoms. The Balaban J connectivity index is 4.34. The summed E-state index contributed by atoms with van der Waals surface area (Å²) in [5, 5.41) is 0. The van der Waals surface area contributed by atoms with Gasteiger partial charge in [0, 0.05) is 14.0 Å². The van der Waals surface area contributed by atoms with E-state index in [9.17, 15) is 9.59 Å². The van der Waals surface area contributed by atoms with E-state index in [2.05, 4.69) is 0 Å². The number of carbonyl (C=O) groups is 2. The smallest absolute Gasteiger partial charge is 0.317 e. The lowest BCUT2D eigenvalue weighted by Gasteiger charge is -2.25. The van der Waals surface area contributed by atoms with Crippen molar-refractivity contribution in [1.29, 1.82) is 0 Å². The molecule has 0 heterocycles. The van der Waals surface area contributed by atoms with Gasteiger partial charge < -0.3 is 14.2 Å². The molecule has 17 heavy (non-hydrogen) atoms. The van der Waals surface area contributed by atoms with Crippen LogP contribution >= 0.6 is 0 Å². The number of unbranched alkanes of at least 4 members (excludes halogenated alkanes) is 1. The van der Waals surface area contributed by atoms with Gasteiger partial charge in [-0.3, -0.25) is 9.59 Å². The minimum atomic E-state index is -0.936. The summed E-state index contributed by atoms with van der Waals surface area (Å²) in [5.74, 6) is -0.817. The second kappa shape index (κ2) is 8.06. The zero-order chi connectivity index (χ0) is 13.3. The van der Waals surface area contributed by atoms with Crippen LogP contribution in [-0.4, -0.2) is 38.9 Å². The number of methoxy groups -OCH3 is 1. The van der Waals surface area contributed by atoms with E-state index in [1.807, 2.05) is 6.92 Å². The average Bonchev–Trinajstić information content (AvgIpc) is 2.27. The van der Waals surface area contributed by atoms with Gasteiger partial charge in [0.05, 0.1) is 13.2 Å². The van der Waals surface area contributed by atoms with E-state index in [4.69, 9.17) is 14.2 Å². The minimum absolute atomic E-state index is 0.0267. The summed E-state index contributed by atoms with van der Waals surface area (Å²) in [7, 11) is 1.49. The Hall–Kier alpha value is -1.10. The summed E-state index contributed by atoms with van der Waals surface area (Å²) >= 11 is 0. The van der Waals surface area contributed by atoms with E-state index in [1.54, 1.807) is 6.92 Å². The number of hydrogen-bond acceptors (Lipinski definition) is 5. The summed E-state index contributed by atoms with van der Waals surface area (Å²) in [5.41, 5.74) is -0.936. The van der Waals surface area contributed by atoms with Crippen LogP contribution in [0.15, 0.2) is 0 Å². The fourth-order valence-corrected chi connectivity index (χ4v) is 1.22. The van der Waals surface area contributed by atoms with Crippen molar-refractivity contribution in [1.82, 2.24) is 0 Å². The first-order valence-electron chi connectivity index (χ1n) is 5.75. The standard InChI is InChI=1S/C12H22O5/c1-5-6-7-16-11(14)12(3,8-15-4)9-17-10(2)13/h5-9H2,1-4H3. The molecule has 0 aliphatic carbocycles. The number of rotatable bonds is 8. The van der Waals surface area contributed by atoms with Gasteiger partial charge in [-0.15, -0.1) is 0 Å². The van der Waals surface area contributed by atoms with Crippen molar-refractivity contribution in [2.45, 2.75) is 33.6 Å². The molecule has 0 bridgehead atoms. The lowest BCUT2D eigenvalue weighted by molar-refractivity contribution is -0.166. The van der Waals surface area contributed by atoms with E-state index in [-0.39, 0.29) is 13.2 Å². The lowest BCUT2D eigenvalue weighted by Crippen LogP contribution is -2.39. The summed E-state index contributed by atoms with van der Waals surface area (Å²) in [6.45, 7) is 5.49. The van der Waals surface area contributed by atoms with Gasteiger partial charge in [0.15, 0.2) is 0 Å². The Kier molecular flexibility index (Phi) is 7.54. The molecule has 1 unspecified atom stereocenters. The fraction of sp³-hybridized carbons (Fsp3) is 0.833. The van der Waals surface area contributed by atoms with Crippen LogP contribution in [-0.2, 0) is 23.8 Å². The Morgan fingerprint density at radius 3 is 2.29 bits per heavy atom. The Morgan fingerprint density at radius 2 is 1.82 bits per heavy atom. The second-order valence-electron chi connectivity index (χ2n) is 4.26. The molecule has 1 atom stereocenters. The van der Waals surface area contributed by atoms with Crippen LogP contribution in [0.25, 0.3) is 0 Å². The molecule has 0 aromatic carbocycles. The number of hydrogen-bond donors (Lipinski definition) is 0. The van der Waals surface area contributed by atoms with Gasteiger partial charge >= 0.3 is 11.9 Å². The SMILES string of the molecule is CCCCOC(=O)C(C)(COC)COC(C)=O. The highest BCUT2D eigenvalue weighted by atomic mass is 16.6. The first-order valence-corrected chi connectivity index (χ1v) is 5.75. The Bertz CT molecular complexity index is 251. The molecular formula is C12H22O5. The molecular weight excluding hydrogens is 224 g/mol. The maximum atomic E-state index is 11.8. The van der Waals surface area contributed by atoms with E-state index < -0.39 is 17.4 Å². The molecule has 0 saturated heterocycles. The molecule has 0 spiro atoms. The molecule has 0 saturated carbocycles. The number of carbonyl (C=O) groups excluding carboxylic acids is 2. The maximum absolute atomic E-state index is 11.8. The highest BCUT2D eigenvalue weighted by molar-refractivity contribution is 5.77. The van der Waals surface area contributed by atoms with Crippen molar-refractivity contribution in [3.05, 3.63) is 0 Å². The molecule has 0 amide bonds. The third kappa shape index (κ3) is 6.26. The minimum Gasteiger partial charge on any atom is -0.465 e. The van der Waals surface area contributed by atoms with Crippen molar-refractivity contribution in [3.63, 3.8) is 0 Å². The van der Waals surface area contributed by atoms with Crippen LogP contribution in [0.2, 0.25) is 0 Å². The van der Waals surface area contributed by atoms with E-state index in [0.717, 1.165) is 12.8 Å². The quantitative estimate of drug-likeness (QED) is 0.480. The van der Waals surface area contributed by atoms with Crippen molar-refractivity contribution < 1.29 is 23.8 Å². The van der Waals surface area contributed by atoms with E-state index in [0.29, 0.717) is 6.61 Å². The van der Waals surface area contributed by atoms with Crippen molar-refractivity contribution in [2.75, 3.05) is 26.9 Å². The highest BCUT2D eigenvalue weighted by Crippen LogP contribution is 2.20. The second-order valence-corrected chi connectivity index (χ2v) is 4.26. The summed E-state index contributed by atoms with van der Waals surface area (Å²) in [6.07, 6.45) is 1.78. The molecule has 0 fully saturated rings. The van der Waals surface area contributed by atoms with Gasteiger partial charge in [0.1, 0.15) is 12.0 Å². The van der Waals surface area contributed by atoms with Crippen molar-refractivity contribution in [2.24, 2.45) is 5.41 Å². The molecule has 0 radical (unpaired) electrons. The van der Waals surface area contributed by atoms with Gasteiger partial charge in [-0.1, -0.05) is 13.3 Å². The number of esters is 2. The molecule has 0 aromatic heterocycles. The molecule has 0 aromatic rings. The zero-order valence-corrected chi connectivity index (χ0v) is 11.1. The third-order valence-electron chi connectivity index (χ3n) is 2.28. The zero-order valence-electron chi connectivity index (χ0n) is 11.1. The van der Waals surface area contributed by atoms with Gasteiger partial charge in [0.25, 0.3) is 0 Å². The third-order valence-corrected chi connectivity index (χ3v) is 2.28. The van der Waals surface area contributed by atoms with Crippen LogP contribution in [0.1, 0.15) is 33.6 Å². The van der Waals surface area contributed by atoms with Crippen LogP contribution < -0.4 is 0 Å². The van der Waals surface area contributed by atoms with Gasteiger partial charge in [-0.05, 0) is 13.3 Å². The van der Waals surface area contributed by atoms with Crippen molar-refractivity contribution >= 4 is 11.9 Å². The topological polar surface area (TPSA) is 61.8 Å². The van der Waals surface area contributed by atoms with E-state index >= 15 is 0 Å². The first kappa shape index (κ1) is 15.9. The Labute approximate surface area is 102 Å². The highest BCUT2D eigenvalue weighted by Gasteiger charge is 2.36. The van der Waals surface area contributed by atoms with Gasteiger partial charge in [-0.2, -0.15) is 0 Å². The summed E-state index contributed by atoms with van der Waals surface area (Å²) < 4.78 is 15.0. The predicted molar refractivity (Wildman–Crippen MR) is 62.5 cm³/mol. The molecule has 0 N–H and O–H groups in total. The largest absolute Gasteiger partial charge is 0.465 e. The molecule has 0 aliphatic rings. The molecule has 5 nitrogen and oxygen atoms in total. The van der Waals surface area contributed by atoms with Crippen molar-refractivity contribution in [3.8, 4) is 0 Å². The number of ether oxygens (including phenoxy) is 3. The van der Waals surface area contributed by atoms with Crippen LogP contribution in [0.5, 0.6) is 0 Å². The monoisotopic (exact) mass is 246 g/mol.